The van der Waals surface area contributed by atoms with Crippen molar-refractivity contribution in [2.75, 3.05) is 23.7 Å². The highest BCUT2D eigenvalue weighted by molar-refractivity contribution is 5.94. The van der Waals surface area contributed by atoms with E-state index in [0.29, 0.717) is 25.8 Å². The van der Waals surface area contributed by atoms with Gasteiger partial charge in [0.15, 0.2) is 11.6 Å². The van der Waals surface area contributed by atoms with E-state index in [4.69, 9.17) is 10.5 Å². The zero-order chi connectivity index (χ0) is 20.8. The lowest BCUT2D eigenvalue weighted by molar-refractivity contribution is 0.0508. The Morgan fingerprint density at radius 1 is 1.21 bits per heavy atom. The summed E-state index contributed by atoms with van der Waals surface area (Å²) in [6.45, 7) is 5.80. The van der Waals surface area contributed by atoms with Gasteiger partial charge in [-0.3, -0.25) is 0 Å². The number of nitrogens with two attached hydrogens (primary N) is 1. The monoisotopic (exact) mass is 397 g/mol. The molecule has 4 N–H and O–H groups in total. The molecule has 0 unspecified atom stereocenters. The van der Waals surface area contributed by atoms with Crippen molar-refractivity contribution in [1.29, 1.82) is 0 Å². The van der Waals surface area contributed by atoms with Gasteiger partial charge in [-0.1, -0.05) is 0 Å². The van der Waals surface area contributed by atoms with E-state index in [1.165, 1.54) is 0 Å². The number of rotatable bonds is 4. The van der Waals surface area contributed by atoms with E-state index >= 15 is 4.39 Å². The van der Waals surface area contributed by atoms with Crippen LogP contribution in [0, 0.1) is 11.6 Å². The summed E-state index contributed by atoms with van der Waals surface area (Å²) < 4.78 is 35.1. The number of nitrogens with zero attached hydrogens (tertiary/aromatic N) is 1. The van der Waals surface area contributed by atoms with Gasteiger partial charge >= 0.3 is 12.1 Å². The Hall–Kier alpha value is -2.58. The quantitative estimate of drug-likeness (QED) is 0.674. The smallest absolute Gasteiger partial charge is 0.407 e. The number of carbonyl (C=O) groups is 2. The first-order valence-corrected chi connectivity index (χ1v) is 9.27. The number of carbonyl (C=O) groups excluding carboxylic acids is 1. The van der Waals surface area contributed by atoms with Crippen molar-refractivity contribution in [1.82, 2.24) is 5.32 Å². The van der Waals surface area contributed by atoms with Gasteiger partial charge in [0.05, 0.1) is 17.4 Å². The molecular formula is C19H25F2N3O4. The summed E-state index contributed by atoms with van der Waals surface area (Å²) in [6, 6.07) is -0.319. The first-order chi connectivity index (χ1) is 13.0. The summed E-state index contributed by atoms with van der Waals surface area (Å²) in [4.78, 5) is 25.0. The molecule has 0 spiro atoms. The number of aromatic carboxylic acids is 1. The zero-order valence-electron chi connectivity index (χ0n) is 16.1. The van der Waals surface area contributed by atoms with Crippen LogP contribution in [-0.2, 0) is 4.74 Å². The van der Waals surface area contributed by atoms with Crippen LogP contribution in [0.15, 0.2) is 0 Å². The van der Waals surface area contributed by atoms with E-state index in [-0.39, 0.29) is 29.8 Å². The number of ether oxygens (including phenoxy) is 1. The number of anilines is 2. The lowest BCUT2D eigenvalue weighted by Crippen LogP contribution is -2.40. The standard InChI is InChI=1S/C19H25F2N3O4/c1-19(2,3)28-18(27)23-10-6-7-24(8-10)16-14(21)11(9-4-5-9)12(17(25)26)13(20)15(16)22/h9-10H,4-8,22H2,1-3H3,(H,23,27)(H,25,26)/t10-/m0/s1. The Morgan fingerprint density at radius 2 is 1.86 bits per heavy atom. The van der Waals surface area contributed by atoms with Crippen LogP contribution >= 0.6 is 0 Å². The molecule has 1 heterocycles. The zero-order valence-corrected chi connectivity index (χ0v) is 16.1. The van der Waals surface area contributed by atoms with Gasteiger partial charge in [0.1, 0.15) is 11.2 Å². The molecule has 7 nitrogen and oxygen atoms in total. The van der Waals surface area contributed by atoms with Gasteiger partial charge in [-0.15, -0.1) is 0 Å². The number of hydrogen-bond donors (Lipinski definition) is 3. The van der Waals surface area contributed by atoms with Crippen LogP contribution in [0.4, 0.5) is 25.0 Å². The number of halogens is 2. The van der Waals surface area contributed by atoms with Gasteiger partial charge in [-0.05, 0) is 46.0 Å². The molecule has 0 radical (unpaired) electrons. The Morgan fingerprint density at radius 3 is 2.39 bits per heavy atom. The average molecular weight is 397 g/mol. The SMILES string of the molecule is CC(C)(C)OC(=O)N[C@H]1CCN(c2c(N)c(F)c(C(=O)O)c(C3CC3)c2F)C1. The van der Waals surface area contributed by atoms with E-state index in [1.807, 2.05) is 0 Å². The molecule has 1 amide bonds. The molecule has 154 valence electrons. The van der Waals surface area contributed by atoms with Gasteiger partial charge < -0.3 is 25.8 Å². The fourth-order valence-electron chi connectivity index (χ4n) is 3.54. The fraction of sp³-hybridized carbons (Fsp3) is 0.579. The van der Waals surface area contributed by atoms with E-state index in [0.717, 1.165) is 0 Å². The number of nitrogen functional groups attached to an aromatic ring is 1. The van der Waals surface area contributed by atoms with Gasteiger partial charge in [0.25, 0.3) is 0 Å². The van der Waals surface area contributed by atoms with Crippen LogP contribution in [0.3, 0.4) is 0 Å². The summed E-state index contributed by atoms with van der Waals surface area (Å²) in [7, 11) is 0. The number of hydrogen-bond acceptors (Lipinski definition) is 5. The Labute approximate surface area is 161 Å². The molecule has 28 heavy (non-hydrogen) atoms. The largest absolute Gasteiger partial charge is 0.478 e. The normalized spacial score (nSPS) is 19.6. The number of carboxylic acids is 1. The van der Waals surface area contributed by atoms with Crippen LogP contribution in [0.25, 0.3) is 0 Å². The number of benzene rings is 1. The second-order valence-corrected chi connectivity index (χ2v) is 8.34. The number of carboxylic acid groups (broad SMARTS) is 1. The van der Waals surface area contributed by atoms with Crippen molar-refractivity contribution >= 4 is 23.4 Å². The minimum Gasteiger partial charge on any atom is -0.478 e. The number of nitrogens with one attached hydrogen (secondary N) is 1. The lowest BCUT2D eigenvalue weighted by Gasteiger charge is -2.25. The average Bonchev–Trinajstić information content (AvgIpc) is 3.29. The van der Waals surface area contributed by atoms with E-state index in [1.54, 1.807) is 25.7 Å². The predicted octanol–water partition coefficient (Wildman–Crippen LogP) is 3.23. The molecule has 1 aromatic carbocycles. The minimum atomic E-state index is -1.53. The molecule has 2 fully saturated rings. The van der Waals surface area contributed by atoms with Crippen LogP contribution in [-0.4, -0.2) is 41.9 Å². The van der Waals surface area contributed by atoms with E-state index in [9.17, 15) is 19.1 Å². The maximum Gasteiger partial charge on any atom is 0.407 e. The van der Waals surface area contributed by atoms with Crippen LogP contribution in [0.2, 0.25) is 0 Å². The van der Waals surface area contributed by atoms with Gasteiger partial charge in [0.2, 0.25) is 0 Å². The van der Waals surface area contributed by atoms with Crippen molar-refractivity contribution < 1.29 is 28.2 Å². The van der Waals surface area contributed by atoms with E-state index < -0.39 is 40.5 Å². The molecule has 0 aromatic heterocycles. The molecule has 2 aliphatic rings. The third kappa shape index (κ3) is 3.98. The van der Waals surface area contributed by atoms with Crippen LogP contribution in [0.5, 0.6) is 0 Å². The topological polar surface area (TPSA) is 105 Å². The second-order valence-electron chi connectivity index (χ2n) is 8.34. The maximum atomic E-state index is 15.2. The molecule has 1 atom stereocenters. The maximum absolute atomic E-state index is 15.2. The first-order valence-electron chi connectivity index (χ1n) is 9.27. The summed E-state index contributed by atoms with van der Waals surface area (Å²) in [5, 5.41) is 12.0. The first kappa shape index (κ1) is 20.2. The third-order valence-corrected chi connectivity index (χ3v) is 4.85. The van der Waals surface area contributed by atoms with Gasteiger partial charge in [-0.25, -0.2) is 18.4 Å². The van der Waals surface area contributed by atoms with Crippen molar-refractivity contribution in [3.63, 3.8) is 0 Å². The highest BCUT2D eigenvalue weighted by Crippen LogP contribution is 2.48. The van der Waals surface area contributed by atoms with Crippen molar-refractivity contribution in [2.24, 2.45) is 0 Å². The molecule has 1 saturated carbocycles. The predicted molar refractivity (Wildman–Crippen MR) is 99.7 cm³/mol. The Kier molecular flexibility index (Phi) is 5.12. The second kappa shape index (κ2) is 7.10. The molecular weight excluding hydrogens is 372 g/mol. The summed E-state index contributed by atoms with van der Waals surface area (Å²) in [5.74, 6) is -3.72. The molecule has 1 aromatic rings. The number of amides is 1. The van der Waals surface area contributed by atoms with Crippen LogP contribution < -0.4 is 16.0 Å². The molecule has 3 rings (SSSR count). The molecule has 9 heteroatoms. The Balaban J connectivity index is 1.85. The molecule has 1 aliphatic carbocycles. The summed E-state index contributed by atoms with van der Waals surface area (Å²) in [5.41, 5.74) is 3.71. The highest BCUT2D eigenvalue weighted by Gasteiger charge is 2.39. The third-order valence-electron chi connectivity index (χ3n) is 4.85. The van der Waals surface area contributed by atoms with Gasteiger partial charge in [-0.2, -0.15) is 0 Å². The number of alkyl carbamates (subject to hydrolysis) is 1. The molecule has 1 saturated heterocycles. The lowest BCUT2D eigenvalue weighted by atomic mass is 9.98. The fourth-order valence-corrected chi connectivity index (χ4v) is 3.54. The van der Waals surface area contributed by atoms with Crippen molar-refractivity contribution in [2.45, 2.75) is 57.6 Å². The minimum absolute atomic E-state index is 0.113. The molecule has 0 bridgehead atoms. The van der Waals surface area contributed by atoms with Crippen LogP contribution in [0.1, 0.15) is 61.9 Å². The van der Waals surface area contributed by atoms with Crippen molar-refractivity contribution in [3.05, 3.63) is 22.8 Å². The summed E-state index contributed by atoms with van der Waals surface area (Å²) >= 11 is 0. The Bertz CT molecular complexity index is 819. The van der Waals surface area contributed by atoms with E-state index in [2.05, 4.69) is 5.32 Å². The molecule has 1 aliphatic heterocycles. The highest BCUT2D eigenvalue weighted by atomic mass is 19.1. The van der Waals surface area contributed by atoms with Gasteiger partial charge in [0, 0.05) is 18.7 Å². The van der Waals surface area contributed by atoms with Crippen molar-refractivity contribution in [3.8, 4) is 0 Å². The summed E-state index contributed by atoms with van der Waals surface area (Å²) in [6.07, 6.45) is 1.14.